The van der Waals surface area contributed by atoms with Crippen molar-refractivity contribution in [1.82, 2.24) is 0 Å². The molecule has 0 radical (unpaired) electrons. The maximum absolute atomic E-state index is 12.7. The van der Waals surface area contributed by atoms with Gasteiger partial charge in [-0.3, -0.25) is 14.5 Å². The number of anilines is 2. The standard InChI is InChI=1S/C28H40N2O3/c1-3-5-6-7-8-9-10-11-12-13-16-23-19-21-24(22-20-23)30(28(32)27(29)31)25-17-14-15-18-26(25)33-4-2/h14-15,17-22H,3-13,16H2,1-2H3,(H2,29,31). The lowest BCUT2D eigenvalue weighted by atomic mass is 10.0. The number of unbranched alkanes of at least 4 members (excludes halogenated alkanes) is 9. The van der Waals surface area contributed by atoms with Gasteiger partial charge in [0.2, 0.25) is 0 Å². The van der Waals surface area contributed by atoms with Gasteiger partial charge in [-0.2, -0.15) is 0 Å². The van der Waals surface area contributed by atoms with E-state index < -0.39 is 11.8 Å². The van der Waals surface area contributed by atoms with E-state index >= 15 is 0 Å². The zero-order chi connectivity index (χ0) is 23.9. The third-order valence-electron chi connectivity index (χ3n) is 5.83. The van der Waals surface area contributed by atoms with Crippen molar-refractivity contribution in [3.8, 4) is 5.75 Å². The fraction of sp³-hybridized carbons (Fsp3) is 0.500. The van der Waals surface area contributed by atoms with Gasteiger partial charge in [0, 0.05) is 5.69 Å². The molecule has 33 heavy (non-hydrogen) atoms. The van der Waals surface area contributed by atoms with E-state index in [1.165, 1.54) is 68.3 Å². The predicted molar refractivity (Wildman–Crippen MR) is 136 cm³/mol. The average molecular weight is 453 g/mol. The molecular weight excluding hydrogens is 412 g/mol. The summed E-state index contributed by atoms with van der Waals surface area (Å²) in [5.74, 6) is -1.26. The quantitative estimate of drug-likeness (QED) is 0.241. The van der Waals surface area contributed by atoms with Crippen LogP contribution in [-0.4, -0.2) is 18.4 Å². The monoisotopic (exact) mass is 452 g/mol. The summed E-state index contributed by atoms with van der Waals surface area (Å²) >= 11 is 0. The molecule has 0 saturated heterocycles. The first kappa shape index (κ1) is 26.4. The van der Waals surface area contributed by atoms with Gasteiger partial charge in [0.1, 0.15) is 5.75 Å². The molecule has 0 saturated carbocycles. The van der Waals surface area contributed by atoms with Crippen LogP contribution in [0.5, 0.6) is 5.75 Å². The second kappa shape index (κ2) is 15.1. The summed E-state index contributed by atoms with van der Waals surface area (Å²) in [6, 6.07) is 14.9. The third-order valence-corrected chi connectivity index (χ3v) is 5.83. The molecule has 2 N–H and O–H groups in total. The van der Waals surface area contributed by atoms with Gasteiger partial charge < -0.3 is 10.5 Å². The summed E-state index contributed by atoms with van der Waals surface area (Å²) in [7, 11) is 0. The van der Waals surface area contributed by atoms with Crippen LogP contribution in [0, 0.1) is 0 Å². The highest BCUT2D eigenvalue weighted by molar-refractivity contribution is 6.41. The molecule has 2 amide bonds. The smallest absolute Gasteiger partial charge is 0.320 e. The van der Waals surface area contributed by atoms with E-state index in [1.807, 2.05) is 37.3 Å². The molecule has 0 aliphatic rings. The maximum atomic E-state index is 12.7. The summed E-state index contributed by atoms with van der Waals surface area (Å²) in [5.41, 5.74) is 7.67. The predicted octanol–water partition coefficient (Wildman–Crippen LogP) is 6.70. The van der Waals surface area contributed by atoms with Crippen molar-refractivity contribution in [2.24, 2.45) is 5.73 Å². The number of nitrogens with zero attached hydrogens (tertiary/aromatic N) is 1. The molecule has 2 aromatic carbocycles. The summed E-state index contributed by atoms with van der Waals surface area (Å²) in [4.78, 5) is 25.7. The Morgan fingerprint density at radius 1 is 0.788 bits per heavy atom. The highest BCUT2D eigenvalue weighted by Crippen LogP contribution is 2.34. The number of benzene rings is 2. The van der Waals surface area contributed by atoms with E-state index in [4.69, 9.17) is 10.5 Å². The Morgan fingerprint density at radius 3 is 1.94 bits per heavy atom. The molecule has 0 bridgehead atoms. The molecule has 180 valence electrons. The summed E-state index contributed by atoms with van der Waals surface area (Å²) in [6.45, 7) is 4.58. The minimum absolute atomic E-state index is 0.452. The van der Waals surface area contributed by atoms with Gasteiger partial charge in [-0.15, -0.1) is 0 Å². The fourth-order valence-corrected chi connectivity index (χ4v) is 4.02. The lowest BCUT2D eigenvalue weighted by Crippen LogP contribution is -2.37. The van der Waals surface area contributed by atoms with Gasteiger partial charge in [0.25, 0.3) is 0 Å². The SMILES string of the molecule is CCCCCCCCCCCCc1ccc(N(C(=O)C(N)=O)c2ccccc2OCC)cc1. The lowest BCUT2D eigenvalue weighted by Gasteiger charge is -2.24. The minimum atomic E-state index is -1.00. The van der Waals surface area contributed by atoms with Gasteiger partial charge in [-0.1, -0.05) is 89.0 Å². The number of hydrogen-bond donors (Lipinski definition) is 1. The summed E-state index contributed by atoms with van der Waals surface area (Å²) < 4.78 is 5.66. The number of amides is 2. The number of ether oxygens (including phenoxy) is 1. The molecule has 0 spiro atoms. The van der Waals surface area contributed by atoms with Crippen LogP contribution >= 0.6 is 0 Å². The van der Waals surface area contributed by atoms with Gasteiger partial charge >= 0.3 is 11.8 Å². The number of carbonyl (C=O) groups is 2. The van der Waals surface area contributed by atoms with Crippen molar-refractivity contribution < 1.29 is 14.3 Å². The Labute approximate surface area is 199 Å². The highest BCUT2D eigenvalue weighted by Gasteiger charge is 2.25. The average Bonchev–Trinajstić information content (AvgIpc) is 2.82. The largest absolute Gasteiger partial charge is 0.492 e. The second-order valence-electron chi connectivity index (χ2n) is 8.50. The van der Waals surface area contributed by atoms with E-state index in [9.17, 15) is 9.59 Å². The molecular formula is C28H40N2O3. The number of rotatable bonds is 15. The fourth-order valence-electron chi connectivity index (χ4n) is 4.02. The molecule has 0 unspecified atom stereocenters. The topological polar surface area (TPSA) is 72.6 Å². The van der Waals surface area contributed by atoms with Gasteiger partial charge in [0.05, 0.1) is 12.3 Å². The zero-order valence-corrected chi connectivity index (χ0v) is 20.4. The molecule has 0 heterocycles. The Kier molecular flexibility index (Phi) is 12.1. The number of primary amides is 1. The molecule has 5 heteroatoms. The van der Waals surface area contributed by atoms with Gasteiger partial charge in [-0.25, -0.2) is 0 Å². The van der Waals surface area contributed by atoms with E-state index in [1.54, 1.807) is 18.2 Å². The van der Waals surface area contributed by atoms with Crippen LogP contribution in [0.4, 0.5) is 11.4 Å². The van der Waals surface area contributed by atoms with Crippen molar-refractivity contribution in [3.63, 3.8) is 0 Å². The van der Waals surface area contributed by atoms with Gasteiger partial charge in [0.15, 0.2) is 0 Å². The lowest BCUT2D eigenvalue weighted by molar-refractivity contribution is -0.135. The Bertz CT molecular complexity index is 848. The molecule has 2 aromatic rings. The third kappa shape index (κ3) is 8.91. The Balaban J connectivity index is 1.92. The molecule has 5 nitrogen and oxygen atoms in total. The van der Waals surface area contributed by atoms with Crippen LogP contribution in [0.3, 0.4) is 0 Å². The van der Waals surface area contributed by atoms with Crippen LogP contribution in [0.25, 0.3) is 0 Å². The zero-order valence-electron chi connectivity index (χ0n) is 20.4. The van der Waals surface area contributed by atoms with Crippen LogP contribution in [0.15, 0.2) is 48.5 Å². The highest BCUT2D eigenvalue weighted by atomic mass is 16.5. The van der Waals surface area contributed by atoms with Crippen molar-refractivity contribution >= 4 is 23.2 Å². The van der Waals surface area contributed by atoms with Crippen LogP contribution < -0.4 is 15.4 Å². The Hall–Kier alpha value is -2.82. The molecule has 0 aromatic heterocycles. The van der Waals surface area contributed by atoms with Crippen molar-refractivity contribution in [2.45, 2.75) is 84.5 Å². The number of para-hydroxylation sites is 2. The van der Waals surface area contributed by atoms with Crippen molar-refractivity contribution in [2.75, 3.05) is 11.5 Å². The summed E-state index contributed by atoms with van der Waals surface area (Å²) in [5, 5.41) is 0. The number of nitrogens with two attached hydrogens (primary N) is 1. The van der Waals surface area contributed by atoms with Crippen molar-refractivity contribution in [1.29, 1.82) is 0 Å². The number of hydrogen-bond acceptors (Lipinski definition) is 3. The van der Waals surface area contributed by atoms with Crippen molar-refractivity contribution in [3.05, 3.63) is 54.1 Å². The van der Waals surface area contributed by atoms with Gasteiger partial charge in [-0.05, 0) is 49.6 Å². The Morgan fingerprint density at radius 2 is 1.36 bits per heavy atom. The first-order valence-corrected chi connectivity index (χ1v) is 12.5. The van der Waals surface area contributed by atoms with E-state index in [0.717, 1.165) is 12.8 Å². The van der Waals surface area contributed by atoms with Crippen LogP contribution in [-0.2, 0) is 16.0 Å². The van der Waals surface area contributed by atoms with Crippen LogP contribution in [0.1, 0.15) is 83.6 Å². The molecule has 0 aliphatic heterocycles. The number of carbonyl (C=O) groups excluding carboxylic acids is 2. The maximum Gasteiger partial charge on any atom is 0.320 e. The van der Waals surface area contributed by atoms with E-state index in [2.05, 4.69) is 6.92 Å². The minimum Gasteiger partial charge on any atom is -0.492 e. The molecule has 0 aliphatic carbocycles. The summed E-state index contributed by atoms with van der Waals surface area (Å²) in [6.07, 6.45) is 14.2. The molecule has 2 rings (SSSR count). The normalized spacial score (nSPS) is 10.7. The molecule has 0 atom stereocenters. The first-order valence-electron chi connectivity index (χ1n) is 12.5. The number of aryl methyl sites for hydroxylation is 1. The van der Waals surface area contributed by atoms with E-state index in [-0.39, 0.29) is 0 Å². The second-order valence-corrected chi connectivity index (χ2v) is 8.50. The first-order chi connectivity index (χ1) is 16.1. The van der Waals surface area contributed by atoms with E-state index in [0.29, 0.717) is 23.7 Å². The van der Waals surface area contributed by atoms with Crippen LogP contribution in [0.2, 0.25) is 0 Å². The molecule has 0 fully saturated rings.